The molecule has 0 heterocycles. The van der Waals surface area contributed by atoms with E-state index in [4.69, 9.17) is 19.3 Å². The first-order valence-electron chi connectivity index (χ1n) is 5.78. The Kier molecular flexibility index (Phi) is 5.64. The molecule has 0 fully saturated rings. The quantitative estimate of drug-likeness (QED) is 0.690. The van der Waals surface area contributed by atoms with Crippen LogP contribution >= 0.6 is 0 Å². The van der Waals surface area contributed by atoms with E-state index in [-0.39, 0.29) is 6.42 Å². The second-order valence-corrected chi connectivity index (χ2v) is 3.88. The minimum Gasteiger partial charge on any atom is -0.496 e. The van der Waals surface area contributed by atoms with Crippen LogP contribution in [0.5, 0.6) is 17.2 Å². The molecule has 1 rings (SSSR count). The molecular formula is C13H17NO6. The minimum absolute atomic E-state index is 0.273. The van der Waals surface area contributed by atoms with Crippen molar-refractivity contribution in [2.24, 2.45) is 0 Å². The van der Waals surface area contributed by atoms with Crippen molar-refractivity contribution in [3.05, 3.63) is 17.7 Å². The van der Waals surface area contributed by atoms with Crippen LogP contribution in [0.15, 0.2) is 12.1 Å². The van der Waals surface area contributed by atoms with Crippen molar-refractivity contribution >= 4 is 12.4 Å². The van der Waals surface area contributed by atoms with Gasteiger partial charge in [0.1, 0.15) is 5.75 Å². The summed E-state index contributed by atoms with van der Waals surface area (Å²) in [6, 6.07) is 2.44. The summed E-state index contributed by atoms with van der Waals surface area (Å²) in [4.78, 5) is 21.5. The molecular weight excluding hydrogens is 266 g/mol. The van der Waals surface area contributed by atoms with E-state index >= 15 is 0 Å². The summed E-state index contributed by atoms with van der Waals surface area (Å²) < 4.78 is 15.5. The number of carboxylic acid groups (broad SMARTS) is 1. The fraction of sp³-hybridized carbons (Fsp3) is 0.385. The number of nitrogens with one attached hydrogen (secondary N) is 1. The fourth-order valence-electron chi connectivity index (χ4n) is 1.84. The van der Waals surface area contributed by atoms with Gasteiger partial charge in [0, 0.05) is 11.6 Å². The number of benzene rings is 1. The van der Waals surface area contributed by atoms with Gasteiger partial charge in [0.2, 0.25) is 6.41 Å². The van der Waals surface area contributed by atoms with Crippen molar-refractivity contribution in [3.63, 3.8) is 0 Å². The number of hydrogen-bond donors (Lipinski definition) is 2. The van der Waals surface area contributed by atoms with E-state index in [9.17, 15) is 9.59 Å². The van der Waals surface area contributed by atoms with Gasteiger partial charge < -0.3 is 24.6 Å². The molecule has 0 aromatic heterocycles. The van der Waals surface area contributed by atoms with Gasteiger partial charge >= 0.3 is 5.97 Å². The molecule has 1 amide bonds. The molecule has 2 N–H and O–H groups in total. The first-order valence-corrected chi connectivity index (χ1v) is 5.78. The Labute approximate surface area is 116 Å². The smallest absolute Gasteiger partial charge is 0.305 e. The summed E-state index contributed by atoms with van der Waals surface area (Å²) in [5, 5.41) is 11.4. The van der Waals surface area contributed by atoms with Crippen LogP contribution in [0.25, 0.3) is 0 Å². The summed E-state index contributed by atoms with van der Waals surface area (Å²) in [6.07, 6.45) is 0.175. The van der Waals surface area contributed by atoms with Gasteiger partial charge in [-0.1, -0.05) is 0 Å². The predicted octanol–water partition coefficient (Wildman–Crippen LogP) is 0.974. The average molecular weight is 283 g/mol. The van der Waals surface area contributed by atoms with E-state index in [2.05, 4.69) is 5.32 Å². The molecule has 0 spiro atoms. The number of carbonyl (C=O) groups is 2. The lowest BCUT2D eigenvalue weighted by molar-refractivity contribution is -0.137. The van der Waals surface area contributed by atoms with E-state index in [0.29, 0.717) is 29.2 Å². The van der Waals surface area contributed by atoms with Gasteiger partial charge in [0.15, 0.2) is 11.5 Å². The lowest BCUT2D eigenvalue weighted by Crippen LogP contribution is -2.23. The van der Waals surface area contributed by atoms with Crippen molar-refractivity contribution in [2.75, 3.05) is 21.3 Å². The van der Waals surface area contributed by atoms with Crippen molar-refractivity contribution in [3.8, 4) is 17.2 Å². The maximum absolute atomic E-state index is 10.9. The lowest BCUT2D eigenvalue weighted by atomic mass is 10.0. The third-order valence-corrected chi connectivity index (χ3v) is 2.76. The van der Waals surface area contributed by atoms with E-state index in [1.807, 2.05) is 0 Å². The summed E-state index contributed by atoms with van der Waals surface area (Å²) in [7, 11) is 4.40. The van der Waals surface area contributed by atoms with Gasteiger partial charge in [0.05, 0.1) is 33.8 Å². The molecule has 0 aliphatic carbocycles. The Morgan fingerprint density at radius 2 is 1.75 bits per heavy atom. The minimum atomic E-state index is -1.04. The highest BCUT2D eigenvalue weighted by Crippen LogP contribution is 2.38. The van der Waals surface area contributed by atoms with Crippen LogP contribution in [0.3, 0.4) is 0 Å². The topological polar surface area (TPSA) is 94.1 Å². The zero-order valence-electron chi connectivity index (χ0n) is 11.5. The third kappa shape index (κ3) is 3.53. The van der Waals surface area contributed by atoms with Crippen molar-refractivity contribution < 1.29 is 28.9 Å². The molecule has 1 atom stereocenters. The van der Waals surface area contributed by atoms with Crippen LogP contribution in [-0.2, 0) is 9.59 Å². The number of carboxylic acids is 1. The first kappa shape index (κ1) is 15.6. The Hall–Kier alpha value is -2.44. The van der Waals surface area contributed by atoms with E-state index in [0.717, 1.165) is 0 Å². The summed E-state index contributed by atoms with van der Waals surface area (Å²) in [5.74, 6) is 0.240. The largest absolute Gasteiger partial charge is 0.496 e. The number of hydrogen-bond acceptors (Lipinski definition) is 5. The van der Waals surface area contributed by atoms with Crippen LogP contribution in [0, 0.1) is 0 Å². The number of amides is 1. The fourth-order valence-corrected chi connectivity index (χ4v) is 1.84. The SMILES string of the molecule is COc1cc(OC)c([C@@H](CC(=O)O)NC=O)cc1OC. The highest BCUT2D eigenvalue weighted by atomic mass is 16.5. The highest BCUT2D eigenvalue weighted by Gasteiger charge is 2.21. The number of methoxy groups -OCH3 is 3. The van der Waals surface area contributed by atoms with Gasteiger partial charge in [-0.3, -0.25) is 9.59 Å². The molecule has 110 valence electrons. The molecule has 0 bridgehead atoms. The van der Waals surface area contributed by atoms with Crippen molar-refractivity contribution in [1.29, 1.82) is 0 Å². The van der Waals surface area contributed by atoms with Crippen LogP contribution in [0.1, 0.15) is 18.0 Å². The molecule has 0 aliphatic heterocycles. The van der Waals surface area contributed by atoms with E-state index < -0.39 is 12.0 Å². The molecule has 7 heteroatoms. The summed E-state index contributed by atoms with van der Waals surface area (Å²) in [5.41, 5.74) is 0.500. The second-order valence-electron chi connectivity index (χ2n) is 3.88. The van der Waals surface area contributed by atoms with Crippen LogP contribution in [-0.4, -0.2) is 38.8 Å². The van der Waals surface area contributed by atoms with Crippen molar-refractivity contribution in [1.82, 2.24) is 5.32 Å². The zero-order chi connectivity index (χ0) is 15.1. The number of carbonyl (C=O) groups excluding carboxylic acids is 1. The molecule has 7 nitrogen and oxygen atoms in total. The van der Waals surface area contributed by atoms with Crippen LogP contribution < -0.4 is 19.5 Å². The van der Waals surface area contributed by atoms with Gasteiger partial charge in [-0.15, -0.1) is 0 Å². The third-order valence-electron chi connectivity index (χ3n) is 2.76. The lowest BCUT2D eigenvalue weighted by Gasteiger charge is -2.20. The normalized spacial score (nSPS) is 11.3. The maximum atomic E-state index is 10.9. The molecule has 0 unspecified atom stereocenters. The monoisotopic (exact) mass is 283 g/mol. The Bertz CT molecular complexity index is 488. The summed E-state index contributed by atoms with van der Waals surface area (Å²) in [6.45, 7) is 0. The molecule has 0 saturated heterocycles. The van der Waals surface area contributed by atoms with E-state index in [1.165, 1.54) is 21.3 Å². The standard InChI is InChI=1S/C13H17NO6/c1-18-10-6-12(20-3)11(19-2)4-8(10)9(14-7-15)5-13(16)17/h4,6-7,9H,5H2,1-3H3,(H,14,15)(H,16,17)/t9-/m1/s1. The van der Waals surface area contributed by atoms with Gasteiger partial charge in [-0.25, -0.2) is 0 Å². The van der Waals surface area contributed by atoms with Gasteiger partial charge in [-0.2, -0.15) is 0 Å². The number of rotatable bonds is 8. The molecule has 0 saturated carbocycles. The Morgan fingerprint density at radius 3 is 2.20 bits per heavy atom. The molecule has 20 heavy (non-hydrogen) atoms. The van der Waals surface area contributed by atoms with Gasteiger partial charge in [0.25, 0.3) is 0 Å². The van der Waals surface area contributed by atoms with E-state index in [1.54, 1.807) is 12.1 Å². The molecule has 1 aromatic rings. The zero-order valence-corrected chi connectivity index (χ0v) is 11.5. The van der Waals surface area contributed by atoms with Crippen LogP contribution in [0.4, 0.5) is 0 Å². The second kappa shape index (κ2) is 7.22. The Balaban J connectivity index is 3.30. The maximum Gasteiger partial charge on any atom is 0.305 e. The average Bonchev–Trinajstić information content (AvgIpc) is 2.44. The van der Waals surface area contributed by atoms with Gasteiger partial charge in [-0.05, 0) is 6.07 Å². The predicted molar refractivity (Wildman–Crippen MR) is 70.3 cm³/mol. The number of aliphatic carboxylic acids is 1. The number of ether oxygens (including phenoxy) is 3. The molecule has 1 aromatic carbocycles. The van der Waals surface area contributed by atoms with Crippen LogP contribution in [0.2, 0.25) is 0 Å². The molecule has 0 aliphatic rings. The Morgan fingerprint density at radius 1 is 1.20 bits per heavy atom. The highest BCUT2D eigenvalue weighted by molar-refractivity contribution is 5.69. The summed E-state index contributed by atoms with van der Waals surface area (Å²) >= 11 is 0. The van der Waals surface area contributed by atoms with Crippen molar-refractivity contribution in [2.45, 2.75) is 12.5 Å². The first-order chi connectivity index (χ1) is 9.57. The molecule has 0 radical (unpaired) electrons.